The largest absolute Gasteiger partial charge is 0.481 e. The van der Waals surface area contributed by atoms with Gasteiger partial charge in [-0.25, -0.2) is 0 Å². The second kappa shape index (κ2) is 7.31. The summed E-state index contributed by atoms with van der Waals surface area (Å²) in [4.78, 5) is 26.0. The summed E-state index contributed by atoms with van der Waals surface area (Å²) in [7, 11) is 1.89. The molecule has 27 heavy (non-hydrogen) atoms. The second-order valence-corrected chi connectivity index (χ2v) is 7.55. The number of para-hydroxylation sites is 1. The summed E-state index contributed by atoms with van der Waals surface area (Å²) >= 11 is 0. The first kappa shape index (κ1) is 18.0. The number of benzene rings is 1. The highest BCUT2D eigenvalue weighted by molar-refractivity contribution is 5.87. The number of aliphatic carboxylic acids is 1. The third-order valence-electron chi connectivity index (χ3n) is 5.96. The van der Waals surface area contributed by atoms with Gasteiger partial charge in [0.2, 0.25) is 5.91 Å². The number of carbonyl (C=O) groups excluding carboxylic acids is 1. The Hall–Kier alpha value is -2.41. The summed E-state index contributed by atoms with van der Waals surface area (Å²) in [6, 6.07) is 7.93. The van der Waals surface area contributed by atoms with Crippen LogP contribution in [0.1, 0.15) is 25.0 Å². The van der Waals surface area contributed by atoms with Gasteiger partial charge in [-0.1, -0.05) is 18.2 Å². The molecule has 2 aromatic rings. The van der Waals surface area contributed by atoms with Gasteiger partial charge in [0.05, 0.1) is 29.7 Å². The predicted molar refractivity (Wildman–Crippen MR) is 99.2 cm³/mol. The van der Waals surface area contributed by atoms with E-state index in [1.165, 1.54) is 0 Å². The molecule has 1 N–H and O–H groups in total. The predicted octanol–water partition coefficient (Wildman–Crippen LogP) is 1.84. The van der Waals surface area contributed by atoms with Gasteiger partial charge >= 0.3 is 5.97 Å². The van der Waals surface area contributed by atoms with Crippen molar-refractivity contribution in [1.29, 1.82) is 0 Å². The molecule has 0 aliphatic carbocycles. The quantitative estimate of drug-likeness (QED) is 0.887. The molecule has 0 saturated carbocycles. The molecule has 2 aliphatic heterocycles. The number of aromatic nitrogens is 2. The summed E-state index contributed by atoms with van der Waals surface area (Å²) in [5, 5.41) is 14.9. The molecule has 1 aromatic carbocycles. The van der Waals surface area contributed by atoms with E-state index in [2.05, 4.69) is 5.10 Å². The average Bonchev–Trinajstić information content (AvgIpc) is 3.28. The topological polar surface area (TPSA) is 84.7 Å². The molecule has 4 rings (SSSR count). The van der Waals surface area contributed by atoms with E-state index in [1.807, 2.05) is 40.9 Å². The van der Waals surface area contributed by atoms with Crippen LogP contribution in [-0.4, -0.2) is 57.5 Å². The highest BCUT2D eigenvalue weighted by Gasteiger charge is 2.40. The first-order valence-corrected chi connectivity index (χ1v) is 9.57. The Morgan fingerprint density at radius 3 is 2.70 bits per heavy atom. The summed E-state index contributed by atoms with van der Waals surface area (Å²) < 4.78 is 7.52. The Morgan fingerprint density at radius 2 is 1.96 bits per heavy atom. The Bertz CT molecular complexity index is 854. The smallest absolute Gasteiger partial charge is 0.309 e. The fourth-order valence-electron chi connectivity index (χ4n) is 4.49. The van der Waals surface area contributed by atoms with Gasteiger partial charge in [0.15, 0.2) is 0 Å². The number of nitrogens with zero attached hydrogens (tertiary/aromatic N) is 3. The zero-order valence-electron chi connectivity index (χ0n) is 15.5. The van der Waals surface area contributed by atoms with Gasteiger partial charge in [0.25, 0.3) is 0 Å². The van der Waals surface area contributed by atoms with E-state index in [0.717, 1.165) is 29.4 Å². The third kappa shape index (κ3) is 3.43. The number of hydrogen-bond acceptors (Lipinski definition) is 4. The van der Waals surface area contributed by atoms with Crippen LogP contribution in [0.4, 0.5) is 0 Å². The van der Waals surface area contributed by atoms with Gasteiger partial charge in [-0.3, -0.25) is 14.3 Å². The minimum Gasteiger partial charge on any atom is -0.481 e. The van der Waals surface area contributed by atoms with Crippen molar-refractivity contribution in [1.82, 2.24) is 14.7 Å². The van der Waals surface area contributed by atoms with Crippen LogP contribution in [0.3, 0.4) is 0 Å². The number of carboxylic acid groups (broad SMARTS) is 1. The summed E-state index contributed by atoms with van der Waals surface area (Å²) in [6.45, 7) is 1.83. The number of aryl methyl sites for hydroxylation is 1. The molecule has 0 spiro atoms. The van der Waals surface area contributed by atoms with E-state index in [4.69, 9.17) is 4.74 Å². The maximum absolute atomic E-state index is 12.8. The molecule has 7 heteroatoms. The number of carbonyl (C=O) groups is 2. The standard InChI is InChI=1S/C20H25N3O4/c1-22-17-5-3-2-4-14(17)16(21-22)12-18(24)23-9-6-13(7-10-23)19-15(20(25)26)8-11-27-19/h2-5,13,15,19H,6-12H2,1H3,(H,25,26)/t15?,19-/m0/s1. The monoisotopic (exact) mass is 371 g/mol. The molecule has 2 aliphatic rings. The SMILES string of the molecule is Cn1nc(CC(=O)N2CCC([C@@H]3OCCC3C(=O)O)CC2)c2ccccc21. The number of fused-ring (bicyclic) bond motifs is 1. The van der Waals surface area contributed by atoms with Gasteiger partial charge < -0.3 is 14.7 Å². The van der Waals surface area contributed by atoms with Gasteiger partial charge in [0, 0.05) is 32.1 Å². The fraction of sp³-hybridized carbons (Fsp3) is 0.550. The van der Waals surface area contributed by atoms with Crippen molar-refractivity contribution in [2.45, 2.75) is 31.8 Å². The lowest BCUT2D eigenvalue weighted by molar-refractivity contribution is -0.145. The summed E-state index contributed by atoms with van der Waals surface area (Å²) in [6.07, 6.45) is 2.27. The van der Waals surface area contributed by atoms with Crippen LogP contribution in [0, 0.1) is 11.8 Å². The van der Waals surface area contributed by atoms with Crippen LogP contribution in [0.2, 0.25) is 0 Å². The molecule has 1 aromatic heterocycles. The fourth-order valence-corrected chi connectivity index (χ4v) is 4.49. The maximum atomic E-state index is 12.8. The Kier molecular flexibility index (Phi) is 4.86. The van der Waals surface area contributed by atoms with Gasteiger partial charge in [-0.15, -0.1) is 0 Å². The Morgan fingerprint density at radius 1 is 1.22 bits per heavy atom. The summed E-state index contributed by atoms with van der Waals surface area (Å²) in [5.74, 6) is -0.872. The molecule has 2 atom stereocenters. The Labute approximate surface area is 157 Å². The van der Waals surface area contributed by atoms with E-state index in [1.54, 1.807) is 0 Å². The van der Waals surface area contributed by atoms with Crippen LogP contribution in [0.15, 0.2) is 24.3 Å². The minimum atomic E-state index is -0.766. The molecule has 2 saturated heterocycles. The maximum Gasteiger partial charge on any atom is 0.309 e. The number of rotatable bonds is 4. The van der Waals surface area contributed by atoms with Crippen molar-refractivity contribution >= 4 is 22.8 Å². The van der Waals surface area contributed by atoms with Crippen LogP contribution in [0.5, 0.6) is 0 Å². The average molecular weight is 371 g/mol. The van der Waals surface area contributed by atoms with Crippen molar-refractivity contribution in [3.05, 3.63) is 30.0 Å². The molecule has 0 radical (unpaired) electrons. The first-order chi connectivity index (χ1) is 13.0. The molecule has 1 amide bonds. The molecular weight excluding hydrogens is 346 g/mol. The van der Waals surface area contributed by atoms with Crippen molar-refractivity contribution in [2.75, 3.05) is 19.7 Å². The molecule has 144 valence electrons. The van der Waals surface area contributed by atoms with Crippen LogP contribution in [-0.2, 0) is 27.8 Å². The van der Waals surface area contributed by atoms with Crippen molar-refractivity contribution in [2.24, 2.45) is 18.9 Å². The molecule has 1 unspecified atom stereocenters. The third-order valence-corrected chi connectivity index (χ3v) is 5.96. The zero-order valence-corrected chi connectivity index (χ0v) is 15.5. The molecule has 3 heterocycles. The second-order valence-electron chi connectivity index (χ2n) is 7.55. The lowest BCUT2D eigenvalue weighted by Crippen LogP contribution is -2.43. The summed E-state index contributed by atoms with van der Waals surface area (Å²) in [5.41, 5.74) is 1.84. The van der Waals surface area contributed by atoms with Crippen molar-refractivity contribution < 1.29 is 19.4 Å². The molecular formula is C20H25N3O4. The lowest BCUT2D eigenvalue weighted by atomic mass is 9.84. The number of hydrogen-bond donors (Lipinski definition) is 1. The number of likely N-dealkylation sites (tertiary alicyclic amines) is 1. The van der Waals surface area contributed by atoms with Crippen LogP contribution >= 0.6 is 0 Å². The minimum absolute atomic E-state index is 0.0828. The van der Waals surface area contributed by atoms with Crippen LogP contribution < -0.4 is 0 Å². The number of piperidine rings is 1. The first-order valence-electron chi connectivity index (χ1n) is 9.57. The number of ether oxygens (including phenoxy) is 1. The highest BCUT2D eigenvalue weighted by Crippen LogP contribution is 2.33. The van der Waals surface area contributed by atoms with Crippen molar-refractivity contribution in [3.63, 3.8) is 0 Å². The highest BCUT2D eigenvalue weighted by atomic mass is 16.5. The molecule has 2 fully saturated rings. The Balaban J connectivity index is 1.38. The zero-order chi connectivity index (χ0) is 19.0. The van der Waals surface area contributed by atoms with Gasteiger partial charge in [-0.05, 0) is 31.2 Å². The normalized spacial score (nSPS) is 23.8. The van der Waals surface area contributed by atoms with E-state index in [-0.39, 0.29) is 17.9 Å². The van der Waals surface area contributed by atoms with E-state index in [0.29, 0.717) is 32.5 Å². The lowest BCUT2D eigenvalue weighted by Gasteiger charge is -2.35. The van der Waals surface area contributed by atoms with Gasteiger partial charge in [0.1, 0.15) is 0 Å². The number of carboxylic acids is 1. The molecule has 0 bridgehead atoms. The van der Waals surface area contributed by atoms with Crippen molar-refractivity contribution in [3.8, 4) is 0 Å². The van der Waals surface area contributed by atoms with E-state index in [9.17, 15) is 14.7 Å². The van der Waals surface area contributed by atoms with E-state index >= 15 is 0 Å². The van der Waals surface area contributed by atoms with E-state index < -0.39 is 11.9 Å². The molecule has 7 nitrogen and oxygen atoms in total. The van der Waals surface area contributed by atoms with Crippen LogP contribution in [0.25, 0.3) is 10.9 Å². The van der Waals surface area contributed by atoms with Gasteiger partial charge in [-0.2, -0.15) is 5.10 Å². The number of amides is 1.